The van der Waals surface area contributed by atoms with Crippen molar-refractivity contribution in [2.75, 3.05) is 26.7 Å². The Labute approximate surface area is 99.8 Å². The molecule has 0 aliphatic carbocycles. The molecule has 0 unspecified atom stereocenters. The average Bonchev–Trinajstić information content (AvgIpc) is 2.32. The van der Waals surface area contributed by atoms with Crippen LogP contribution in [0.2, 0.25) is 0 Å². The summed E-state index contributed by atoms with van der Waals surface area (Å²) in [5.74, 6) is 4.24. The zero-order chi connectivity index (χ0) is 13.3. The average molecular weight is 251 g/mol. The number of aliphatic hydroxyl groups is 3. The van der Waals surface area contributed by atoms with Gasteiger partial charge in [-0.1, -0.05) is 0 Å². The minimum absolute atomic E-state index is 0.238. The Kier molecular flexibility index (Phi) is 8.86. The minimum atomic E-state index is -1.08. The lowest BCUT2D eigenvalue weighted by atomic mass is 10.1. The molecule has 0 aromatic rings. The van der Waals surface area contributed by atoms with Gasteiger partial charge in [-0.2, -0.15) is 0 Å². The van der Waals surface area contributed by atoms with Gasteiger partial charge in [0.05, 0.1) is 13.5 Å². The topological polar surface area (TPSA) is 130 Å². The summed E-state index contributed by atoms with van der Waals surface area (Å²) >= 11 is 0. The van der Waals surface area contributed by atoms with Gasteiger partial charge in [-0.3, -0.25) is 15.5 Å². The number of nitrogens with zero attached hydrogens (tertiary/aromatic N) is 2. The van der Waals surface area contributed by atoms with E-state index in [-0.39, 0.29) is 13.5 Å². The number of hydrogen-bond acceptors (Lipinski definition) is 7. The second-order valence-corrected chi connectivity index (χ2v) is 3.68. The monoisotopic (exact) mass is 251 g/mol. The third-order valence-electron chi connectivity index (χ3n) is 2.45. The predicted octanol–water partition coefficient (Wildman–Crippen LogP) is -2.06. The Bertz CT molecular complexity index is 213. The molecule has 0 saturated heterocycles. The van der Waals surface area contributed by atoms with Crippen molar-refractivity contribution < 1.29 is 25.2 Å². The molecular formula is C9H21N3O5. The van der Waals surface area contributed by atoms with Crippen molar-refractivity contribution in [1.29, 1.82) is 0 Å². The van der Waals surface area contributed by atoms with Crippen molar-refractivity contribution in [1.82, 2.24) is 9.91 Å². The van der Waals surface area contributed by atoms with E-state index in [4.69, 9.17) is 26.3 Å². The minimum Gasteiger partial charge on any atom is -0.480 e. The highest BCUT2D eigenvalue weighted by Gasteiger charge is 2.21. The molecule has 17 heavy (non-hydrogen) atoms. The standard InChI is InChI=1S/C9H21N3O5/c10-12(7-15)8(9(16)17)3-1-2-4-11(5-13)6-14/h8,13-15H,1-7,10H2,(H,16,17)/t8-/m0/s1. The number of aliphatic hydroxyl groups excluding tert-OH is 3. The number of carboxylic acids is 1. The van der Waals surface area contributed by atoms with Gasteiger partial charge in [0, 0.05) is 6.54 Å². The molecule has 0 heterocycles. The highest BCUT2D eigenvalue weighted by Crippen LogP contribution is 2.06. The lowest BCUT2D eigenvalue weighted by Crippen LogP contribution is -2.46. The van der Waals surface area contributed by atoms with Crippen LogP contribution in [-0.2, 0) is 4.79 Å². The first-order chi connectivity index (χ1) is 8.06. The molecule has 8 nitrogen and oxygen atoms in total. The van der Waals surface area contributed by atoms with Gasteiger partial charge in [-0.05, 0) is 19.3 Å². The smallest absolute Gasteiger partial charge is 0.322 e. The van der Waals surface area contributed by atoms with Crippen molar-refractivity contribution in [2.24, 2.45) is 5.84 Å². The van der Waals surface area contributed by atoms with Crippen LogP contribution in [0.15, 0.2) is 0 Å². The van der Waals surface area contributed by atoms with Gasteiger partial charge in [0.1, 0.15) is 12.8 Å². The number of nitrogens with two attached hydrogens (primary N) is 1. The molecule has 0 aliphatic rings. The van der Waals surface area contributed by atoms with Gasteiger partial charge >= 0.3 is 5.97 Å². The molecule has 0 spiro atoms. The number of rotatable bonds is 10. The summed E-state index contributed by atoms with van der Waals surface area (Å²) in [5, 5.41) is 36.0. The Morgan fingerprint density at radius 3 is 2.12 bits per heavy atom. The van der Waals surface area contributed by atoms with E-state index < -0.39 is 18.7 Å². The molecule has 0 fully saturated rings. The molecule has 1 atom stereocenters. The van der Waals surface area contributed by atoms with Crippen LogP contribution in [0.3, 0.4) is 0 Å². The van der Waals surface area contributed by atoms with E-state index in [9.17, 15) is 4.79 Å². The zero-order valence-electron chi connectivity index (χ0n) is 9.70. The van der Waals surface area contributed by atoms with Crippen LogP contribution in [-0.4, -0.2) is 69.1 Å². The van der Waals surface area contributed by atoms with Crippen molar-refractivity contribution >= 4 is 5.97 Å². The van der Waals surface area contributed by atoms with Crippen LogP contribution in [0.25, 0.3) is 0 Å². The molecular weight excluding hydrogens is 230 g/mol. The second kappa shape index (κ2) is 9.28. The van der Waals surface area contributed by atoms with Crippen LogP contribution < -0.4 is 5.84 Å². The van der Waals surface area contributed by atoms with E-state index in [2.05, 4.69) is 0 Å². The van der Waals surface area contributed by atoms with E-state index in [0.29, 0.717) is 25.8 Å². The SMILES string of the molecule is NN(CO)[C@@H](CCCCN(CO)CO)C(=O)O. The molecule has 0 aromatic carbocycles. The normalized spacial score (nSPS) is 13.3. The van der Waals surface area contributed by atoms with E-state index in [1.165, 1.54) is 4.90 Å². The Balaban J connectivity index is 3.87. The Morgan fingerprint density at radius 2 is 1.71 bits per heavy atom. The van der Waals surface area contributed by atoms with Crippen molar-refractivity contribution in [2.45, 2.75) is 25.3 Å². The number of carboxylic acid groups (broad SMARTS) is 1. The first-order valence-corrected chi connectivity index (χ1v) is 5.35. The zero-order valence-corrected chi connectivity index (χ0v) is 9.70. The summed E-state index contributed by atoms with van der Waals surface area (Å²) in [6.07, 6.45) is 1.50. The van der Waals surface area contributed by atoms with E-state index >= 15 is 0 Å². The number of hydrazine groups is 1. The van der Waals surface area contributed by atoms with E-state index in [0.717, 1.165) is 5.01 Å². The second-order valence-electron chi connectivity index (χ2n) is 3.68. The molecule has 0 radical (unpaired) electrons. The summed E-state index contributed by atoms with van der Waals surface area (Å²) < 4.78 is 0. The molecule has 0 aromatic heterocycles. The summed E-state index contributed by atoms with van der Waals surface area (Å²) in [5.41, 5.74) is 0. The number of hydrogen-bond donors (Lipinski definition) is 5. The molecule has 0 amide bonds. The quantitative estimate of drug-likeness (QED) is 0.130. The fourth-order valence-electron chi connectivity index (χ4n) is 1.39. The third kappa shape index (κ3) is 6.51. The summed E-state index contributed by atoms with van der Waals surface area (Å²) in [6, 6.07) is -0.920. The summed E-state index contributed by atoms with van der Waals surface area (Å²) in [7, 11) is 0. The molecule has 0 aliphatic heterocycles. The fraction of sp³-hybridized carbons (Fsp3) is 0.889. The van der Waals surface area contributed by atoms with E-state index in [1.807, 2.05) is 0 Å². The summed E-state index contributed by atoms with van der Waals surface area (Å²) in [4.78, 5) is 12.2. The molecule has 8 heteroatoms. The largest absolute Gasteiger partial charge is 0.480 e. The van der Waals surface area contributed by atoms with Gasteiger partial charge in [-0.25, -0.2) is 5.01 Å². The number of aliphatic carboxylic acids is 1. The van der Waals surface area contributed by atoms with Crippen LogP contribution in [0.1, 0.15) is 19.3 Å². The molecule has 0 rings (SSSR count). The van der Waals surface area contributed by atoms with Gasteiger partial charge in [-0.15, -0.1) is 0 Å². The van der Waals surface area contributed by atoms with Gasteiger partial charge < -0.3 is 20.4 Å². The van der Waals surface area contributed by atoms with Crippen molar-refractivity contribution in [3.8, 4) is 0 Å². The number of carbonyl (C=O) groups is 1. The lowest BCUT2D eigenvalue weighted by molar-refractivity contribution is -0.145. The molecule has 0 saturated carbocycles. The van der Waals surface area contributed by atoms with Gasteiger partial charge in [0.25, 0.3) is 0 Å². The maximum atomic E-state index is 10.8. The van der Waals surface area contributed by atoms with Crippen molar-refractivity contribution in [3.63, 3.8) is 0 Å². The van der Waals surface area contributed by atoms with Crippen LogP contribution in [0.5, 0.6) is 0 Å². The highest BCUT2D eigenvalue weighted by molar-refractivity contribution is 5.73. The molecule has 0 bridgehead atoms. The van der Waals surface area contributed by atoms with Gasteiger partial charge in [0.15, 0.2) is 0 Å². The van der Waals surface area contributed by atoms with Crippen LogP contribution in [0, 0.1) is 0 Å². The van der Waals surface area contributed by atoms with Crippen LogP contribution in [0.4, 0.5) is 0 Å². The maximum absolute atomic E-state index is 10.8. The lowest BCUT2D eigenvalue weighted by Gasteiger charge is -2.22. The first-order valence-electron chi connectivity index (χ1n) is 5.35. The Morgan fingerprint density at radius 1 is 1.12 bits per heavy atom. The third-order valence-corrected chi connectivity index (χ3v) is 2.45. The van der Waals surface area contributed by atoms with Gasteiger partial charge in [0.2, 0.25) is 0 Å². The maximum Gasteiger partial charge on any atom is 0.322 e. The summed E-state index contributed by atoms with van der Waals surface area (Å²) in [6.45, 7) is -0.517. The van der Waals surface area contributed by atoms with Crippen LogP contribution >= 0.6 is 0 Å². The number of unbranched alkanes of at least 4 members (excludes halogenated alkanes) is 1. The Hall–Kier alpha value is -0.770. The fourth-order valence-corrected chi connectivity index (χ4v) is 1.39. The van der Waals surface area contributed by atoms with E-state index in [1.54, 1.807) is 0 Å². The molecule has 6 N–H and O–H groups in total. The predicted molar refractivity (Wildman–Crippen MR) is 59.3 cm³/mol. The molecule has 102 valence electrons. The highest BCUT2D eigenvalue weighted by atomic mass is 16.4. The van der Waals surface area contributed by atoms with Crippen molar-refractivity contribution in [3.05, 3.63) is 0 Å². The first kappa shape index (κ1) is 16.2.